The van der Waals surface area contributed by atoms with Crippen LogP contribution < -0.4 is 15.1 Å². The van der Waals surface area contributed by atoms with Gasteiger partial charge in [-0.05, 0) is 30.3 Å². The SMILES string of the molecule is CC(=O)NC[C@H]1CN(c2ccc(N3CCN(C/C(=N\O)c4ccc(F)cc4)CC3)c(F)c2)C(=O)O1. The predicted molar refractivity (Wildman–Crippen MR) is 126 cm³/mol. The van der Waals surface area contributed by atoms with Crippen molar-refractivity contribution >= 4 is 29.1 Å². The van der Waals surface area contributed by atoms with Crippen molar-refractivity contribution in [3.8, 4) is 0 Å². The lowest BCUT2D eigenvalue weighted by Crippen LogP contribution is -2.48. The molecule has 0 aromatic heterocycles. The molecule has 0 radical (unpaired) electrons. The van der Waals surface area contributed by atoms with Crippen LogP contribution in [0.3, 0.4) is 0 Å². The molecular formula is C24H27F2N5O4. The molecule has 2 amide bonds. The Hall–Kier alpha value is -3.73. The lowest BCUT2D eigenvalue weighted by Gasteiger charge is -2.36. The van der Waals surface area contributed by atoms with E-state index in [9.17, 15) is 19.2 Å². The van der Waals surface area contributed by atoms with Gasteiger partial charge in [-0.3, -0.25) is 14.6 Å². The van der Waals surface area contributed by atoms with Gasteiger partial charge in [-0.2, -0.15) is 0 Å². The van der Waals surface area contributed by atoms with Crippen molar-refractivity contribution in [2.24, 2.45) is 5.16 Å². The van der Waals surface area contributed by atoms with E-state index in [1.165, 1.54) is 30.0 Å². The van der Waals surface area contributed by atoms with Gasteiger partial charge in [0.15, 0.2) is 0 Å². The van der Waals surface area contributed by atoms with Crippen LogP contribution in [-0.2, 0) is 9.53 Å². The van der Waals surface area contributed by atoms with Crippen LogP contribution >= 0.6 is 0 Å². The van der Waals surface area contributed by atoms with Gasteiger partial charge >= 0.3 is 6.09 Å². The van der Waals surface area contributed by atoms with Crippen molar-refractivity contribution in [3.63, 3.8) is 0 Å². The number of carbonyl (C=O) groups excluding carboxylic acids is 2. The minimum atomic E-state index is -0.580. The Morgan fingerprint density at radius 2 is 1.86 bits per heavy atom. The first kappa shape index (κ1) is 24.4. The Balaban J connectivity index is 1.34. The summed E-state index contributed by atoms with van der Waals surface area (Å²) in [6.07, 6.45) is -1.08. The molecule has 0 aliphatic carbocycles. The number of halogens is 2. The highest BCUT2D eigenvalue weighted by molar-refractivity contribution is 6.01. The molecule has 0 spiro atoms. The fourth-order valence-corrected chi connectivity index (χ4v) is 4.20. The highest BCUT2D eigenvalue weighted by Gasteiger charge is 2.33. The van der Waals surface area contributed by atoms with Crippen LogP contribution in [0.2, 0.25) is 0 Å². The number of ether oxygens (including phenoxy) is 1. The molecule has 2 aliphatic heterocycles. The van der Waals surface area contributed by atoms with E-state index < -0.39 is 18.0 Å². The van der Waals surface area contributed by atoms with E-state index >= 15 is 4.39 Å². The molecule has 2 aromatic rings. The zero-order valence-corrected chi connectivity index (χ0v) is 19.3. The number of oxime groups is 1. The van der Waals surface area contributed by atoms with Crippen LogP contribution in [0.5, 0.6) is 0 Å². The number of piperazine rings is 1. The summed E-state index contributed by atoms with van der Waals surface area (Å²) < 4.78 is 33.4. The number of nitrogens with one attached hydrogen (secondary N) is 1. The smallest absolute Gasteiger partial charge is 0.414 e. The van der Waals surface area contributed by atoms with E-state index in [2.05, 4.69) is 15.4 Å². The van der Waals surface area contributed by atoms with E-state index in [1.54, 1.807) is 24.3 Å². The summed E-state index contributed by atoms with van der Waals surface area (Å²) in [4.78, 5) is 28.6. The third-order valence-electron chi connectivity index (χ3n) is 6.08. The minimum absolute atomic E-state index is 0.201. The van der Waals surface area contributed by atoms with Gasteiger partial charge in [-0.15, -0.1) is 0 Å². The molecule has 2 heterocycles. The quantitative estimate of drug-likeness (QED) is 0.354. The number of cyclic esters (lactones) is 1. The van der Waals surface area contributed by atoms with E-state index in [4.69, 9.17) is 4.74 Å². The molecule has 1 atom stereocenters. The summed E-state index contributed by atoms with van der Waals surface area (Å²) in [5.74, 6) is -1.03. The molecule has 2 fully saturated rings. The van der Waals surface area contributed by atoms with Crippen molar-refractivity contribution < 1.29 is 28.3 Å². The fraction of sp³-hybridized carbons (Fsp3) is 0.375. The zero-order chi connectivity index (χ0) is 24.9. The number of rotatable bonds is 7. The molecule has 35 heavy (non-hydrogen) atoms. The fourth-order valence-electron chi connectivity index (χ4n) is 4.20. The lowest BCUT2D eigenvalue weighted by atomic mass is 10.1. The largest absolute Gasteiger partial charge is 0.442 e. The Morgan fingerprint density at radius 1 is 1.14 bits per heavy atom. The first-order chi connectivity index (χ1) is 16.8. The Morgan fingerprint density at radius 3 is 2.49 bits per heavy atom. The summed E-state index contributed by atoms with van der Waals surface area (Å²) in [5, 5.41) is 15.4. The number of hydrogen-bond donors (Lipinski definition) is 2. The van der Waals surface area contributed by atoms with Gasteiger partial charge in [-0.25, -0.2) is 13.6 Å². The van der Waals surface area contributed by atoms with E-state index in [1.807, 2.05) is 4.90 Å². The van der Waals surface area contributed by atoms with Gasteiger partial charge in [0, 0.05) is 45.2 Å². The molecule has 0 saturated carbocycles. The van der Waals surface area contributed by atoms with E-state index in [0.29, 0.717) is 55.4 Å². The molecule has 2 aliphatic rings. The molecular weight excluding hydrogens is 460 g/mol. The van der Waals surface area contributed by atoms with Crippen LogP contribution in [0, 0.1) is 11.6 Å². The van der Waals surface area contributed by atoms with Crippen molar-refractivity contribution in [2.45, 2.75) is 13.0 Å². The van der Waals surface area contributed by atoms with Crippen LogP contribution in [0.15, 0.2) is 47.6 Å². The van der Waals surface area contributed by atoms with Gasteiger partial charge in [-0.1, -0.05) is 17.3 Å². The first-order valence-corrected chi connectivity index (χ1v) is 11.3. The lowest BCUT2D eigenvalue weighted by molar-refractivity contribution is -0.119. The van der Waals surface area contributed by atoms with Crippen molar-refractivity contribution in [2.75, 3.05) is 55.6 Å². The first-order valence-electron chi connectivity index (χ1n) is 11.3. The Kier molecular flexibility index (Phi) is 7.45. The molecule has 0 unspecified atom stereocenters. The molecule has 186 valence electrons. The number of carbonyl (C=O) groups is 2. The molecule has 2 saturated heterocycles. The molecule has 0 bridgehead atoms. The summed E-state index contributed by atoms with van der Waals surface area (Å²) in [5.41, 5.74) is 1.90. The third kappa shape index (κ3) is 5.86. The average molecular weight is 488 g/mol. The Bertz CT molecular complexity index is 1100. The van der Waals surface area contributed by atoms with Crippen molar-refractivity contribution in [1.29, 1.82) is 0 Å². The zero-order valence-electron chi connectivity index (χ0n) is 19.3. The van der Waals surface area contributed by atoms with Crippen LogP contribution in [0.1, 0.15) is 12.5 Å². The van der Waals surface area contributed by atoms with Crippen molar-refractivity contribution in [1.82, 2.24) is 10.2 Å². The number of hydrogen-bond acceptors (Lipinski definition) is 7. The monoisotopic (exact) mass is 487 g/mol. The summed E-state index contributed by atoms with van der Waals surface area (Å²) in [6.45, 7) is 4.54. The number of nitrogens with zero attached hydrogens (tertiary/aromatic N) is 4. The molecule has 11 heteroatoms. The number of anilines is 2. The molecule has 2 aromatic carbocycles. The minimum Gasteiger partial charge on any atom is -0.442 e. The van der Waals surface area contributed by atoms with Gasteiger partial charge in [0.25, 0.3) is 0 Å². The standard InChI is InChI=1S/C24H27F2N5O4/c1-16(32)27-13-20-14-31(24(33)35-20)19-6-7-23(21(26)12-19)30-10-8-29(9-11-30)15-22(28-34)17-2-4-18(25)5-3-17/h2-7,12,20,34H,8-11,13-15H2,1H3,(H,27,32)/b28-22+/t20-/m0/s1. The molecule has 9 nitrogen and oxygen atoms in total. The predicted octanol–water partition coefficient (Wildman–Crippen LogP) is 2.43. The maximum atomic E-state index is 15.0. The highest BCUT2D eigenvalue weighted by atomic mass is 19.1. The van der Waals surface area contributed by atoms with Gasteiger partial charge in [0.2, 0.25) is 5.91 Å². The molecule has 2 N–H and O–H groups in total. The summed E-state index contributed by atoms with van der Waals surface area (Å²) in [7, 11) is 0. The second kappa shape index (κ2) is 10.7. The van der Waals surface area contributed by atoms with Crippen LogP contribution in [0.4, 0.5) is 25.0 Å². The summed E-state index contributed by atoms with van der Waals surface area (Å²) >= 11 is 0. The topological polar surface area (TPSA) is 97.7 Å². The number of benzene rings is 2. The van der Waals surface area contributed by atoms with Gasteiger partial charge in [0.05, 0.1) is 24.5 Å². The van der Waals surface area contributed by atoms with Crippen molar-refractivity contribution in [3.05, 3.63) is 59.7 Å². The van der Waals surface area contributed by atoms with Crippen LogP contribution in [-0.4, -0.2) is 79.7 Å². The van der Waals surface area contributed by atoms with Crippen LogP contribution in [0.25, 0.3) is 0 Å². The second-order valence-corrected chi connectivity index (χ2v) is 8.51. The highest BCUT2D eigenvalue weighted by Crippen LogP contribution is 2.28. The molecule has 4 rings (SSSR count). The summed E-state index contributed by atoms with van der Waals surface area (Å²) in [6, 6.07) is 10.4. The van der Waals surface area contributed by atoms with E-state index in [-0.39, 0.29) is 24.8 Å². The maximum absolute atomic E-state index is 15.0. The normalized spacial score (nSPS) is 19.1. The van der Waals surface area contributed by atoms with E-state index in [0.717, 1.165) is 0 Å². The van der Waals surface area contributed by atoms with Gasteiger partial charge in [0.1, 0.15) is 23.5 Å². The Labute approximate surface area is 201 Å². The number of amides is 2. The maximum Gasteiger partial charge on any atom is 0.414 e. The van der Waals surface area contributed by atoms with Gasteiger partial charge < -0.3 is 20.2 Å². The second-order valence-electron chi connectivity index (χ2n) is 8.51. The average Bonchev–Trinajstić information content (AvgIpc) is 3.23. The third-order valence-corrected chi connectivity index (χ3v) is 6.08.